The lowest BCUT2D eigenvalue weighted by Gasteiger charge is -2.03. The molecule has 0 unspecified atom stereocenters. The summed E-state index contributed by atoms with van der Waals surface area (Å²) in [7, 11) is 1.21. The van der Waals surface area contributed by atoms with Crippen LogP contribution >= 0.6 is 0 Å². The highest BCUT2D eigenvalue weighted by molar-refractivity contribution is 6.34. The fraction of sp³-hybridized carbons (Fsp3) is 0.300. The first-order chi connectivity index (χ1) is 11.2. The second-order valence-electron chi connectivity index (χ2n) is 4.15. The van der Waals surface area contributed by atoms with E-state index in [1.54, 1.807) is 0 Å². The van der Waals surface area contributed by atoms with Crippen LogP contribution < -0.4 is 0 Å². The summed E-state index contributed by atoms with van der Waals surface area (Å²) in [6.07, 6.45) is 0.0712. The minimum Gasteiger partial charge on any atom is -0.463 e. The zero-order chi connectivity index (χ0) is 17.7. The summed E-state index contributed by atoms with van der Waals surface area (Å²) in [4.78, 5) is 22.5. The van der Waals surface area contributed by atoms with Gasteiger partial charge in [-0.2, -0.15) is 0 Å². The lowest BCUT2D eigenvalue weighted by molar-refractivity contribution is -0.151. The minimum absolute atomic E-state index is 0.0712. The summed E-state index contributed by atoms with van der Waals surface area (Å²) >= 11 is 0. The number of carbonyl (C=O) groups is 2. The number of carbonyl (C=O) groups excluding carboxylic acids is 2. The van der Waals surface area contributed by atoms with Gasteiger partial charge in [0.15, 0.2) is 0 Å². The molecule has 0 amide bonds. The van der Waals surface area contributed by atoms with Gasteiger partial charge in [0.25, 0.3) is 0 Å². The van der Waals surface area contributed by atoms with Crippen molar-refractivity contribution in [1.82, 2.24) is 0 Å². The summed E-state index contributed by atoms with van der Waals surface area (Å²) in [5.74, 6) is -1.33. The molecular weight excluding hydrogens is 288 g/mol. The molecule has 0 N–H and O–H groups in total. The molecule has 3 heteroatoms. The lowest BCUT2D eigenvalue weighted by atomic mass is 10.0. The largest absolute Gasteiger partial charge is 0.463 e. The Morgan fingerprint density at radius 2 is 1.26 bits per heavy atom. The molecule has 0 aliphatic rings. The van der Waals surface area contributed by atoms with E-state index in [0.717, 1.165) is 16.7 Å². The van der Waals surface area contributed by atoms with Gasteiger partial charge >= 0.3 is 5.97 Å². The van der Waals surface area contributed by atoms with Crippen LogP contribution in [0.3, 0.4) is 0 Å². The molecule has 0 aliphatic carbocycles. The quantitative estimate of drug-likeness (QED) is 0.607. The van der Waals surface area contributed by atoms with E-state index in [2.05, 4.69) is 4.74 Å². The van der Waals surface area contributed by atoms with Crippen molar-refractivity contribution >= 4 is 11.8 Å². The standard InChI is InChI=1S/C16H14O3.2C2H6/c1-19-16(18)15(17)11-12-7-9-14(10-8-12)13-5-3-2-4-6-13;2*1-2/h2-10H,11H2,1H3;2*1-2H3. The number of Topliss-reactive ketones (excluding diaryl/α,β-unsaturated/α-hetero) is 1. The van der Waals surface area contributed by atoms with Crippen molar-refractivity contribution < 1.29 is 14.3 Å². The van der Waals surface area contributed by atoms with Crippen LogP contribution in [0.1, 0.15) is 33.3 Å². The molecule has 0 spiro atoms. The van der Waals surface area contributed by atoms with Crippen molar-refractivity contribution in [3.8, 4) is 11.1 Å². The number of benzene rings is 2. The van der Waals surface area contributed by atoms with Gasteiger partial charge in [0, 0.05) is 6.42 Å². The average Bonchev–Trinajstić information content (AvgIpc) is 2.65. The first-order valence-electron chi connectivity index (χ1n) is 7.96. The molecule has 2 rings (SSSR count). The number of methoxy groups -OCH3 is 1. The Balaban J connectivity index is 0.00000112. The van der Waals surface area contributed by atoms with Gasteiger partial charge in [0.1, 0.15) is 0 Å². The van der Waals surface area contributed by atoms with E-state index in [1.807, 2.05) is 82.3 Å². The Hall–Kier alpha value is -2.42. The van der Waals surface area contributed by atoms with Crippen LogP contribution in [0.4, 0.5) is 0 Å². The Kier molecular flexibility index (Phi) is 10.9. The number of esters is 1. The van der Waals surface area contributed by atoms with Gasteiger partial charge in [0.05, 0.1) is 7.11 Å². The van der Waals surface area contributed by atoms with Crippen molar-refractivity contribution in [3.63, 3.8) is 0 Å². The number of ketones is 1. The Labute approximate surface area is 139 Å². The third-order valence-corrected chi connectivity index (χ3v) is 2.84. The highest BCUT2D eigenvalue weighted by Crippen LogP contribution is 2.19. The van der Waals surface area contributed by atoms with Crippen molar-refractivity contribution in [3.05, 3.63) is 60.2 Å². The van der Waals surface area contributed by atoms with E-state index >= 15 is 0 Å². The van der Waals surface area contributed by atoms with Gasteiger partial charge in [-0.15, -0.1) is 0 Å². The molecule has 0 aromatic heterocycles. The maximum absolute atomic E-state index is 11.4. The van der Waals surface area contributed by atoms with E-state index in [4.69, 9.17) is 0 Å². The van der Waals surface area contributed by atoms with Crippen molar-refractivity contribution in [1.29, 1.82) is 0 Å². The molecule has 2 aromatic rings. The van der Waals surface area contributed by atoms with Gasteiger partial charge in [-0.25, -0.2) is 4.79 Å². The summed E-state index contributed by atoms with van der Waals surface area (Å²) < 4.78 is 4.39. The molecule has 0 saturated carbocycles. The summed E-state index contributed by atoms with van der Waals surface area (Å²) in [6, 6.07) is 17.5. The summed E-state index contributed by atoms with van der Waals surface area (Å²) in [5.41, 5.74) is 3.00. The monoisotopic (exact) mass is 314 g/mol. The molecule has 0 bridgehead atoms. The zero-order valence-corrected chi connectivity index (χ0v) is 14.6. The van der Waals surface area contributed by atoms with E-state index < -0.39 is 11.8 Å². The van der Waals surface area contributed by atoms with E-state index in [9.17, 15) is 9.59 Å². The van der Waals surface area contributed by atoms with Crippen LogP contribution in [0.5, 0.6) is 0 Å². The van der Waals surface area contributed by atoms with Crippen LogP contribution in [0.15, 0.2) is 54.6 Å². The van der Waals surface area contributed by atoms with Crippen molar-refractivity contribution in [2.45, 2.75) is 34.1 Å². The molecule has 0 aliphatic heterocycles. The van der Waals surface area contributed by atoms with Crippen molar-refractivity contribution in [2.75, 3.05) is 7.11 Å². The molecular formula is C20H26O3. The average molecular weight is 314 g/mol. The minimum atomic E-state index is -0.799. The smallest absolute Gasteiger partial charge is 0.374 e. The molecule has 124 valence electrons. The fourth-order valence-electron chi connectivity index (χ4n) is 1.82. The second kappa shape index (κ2) is 12.2. The molecule has 3 nitrogen and oxygen atoms in total. The molecule has 2 aromatic carbocycles. The molecule has 0 heterocycles. The predicted molar refractivity (Wildman–Crippen MR) is 95.3 cm³/mol. The highest BCUT2D eigenvalue weighted by Gasteiger charge is 2.14. The van der Waals surface area contributed by atoms with Gasteiger partial charge in [-0.05, 0) is 16.7 Å². The zero-order valence-electron chi connectivity index (χ0n) is 14.6. The normalized spacial score (nSPS) is 8.74. The van der Waals surface area contributed by atoms with Gasteiger partial charge < -0.3 is 4.74 Å². The third kappa shape index (κ3) is 6.92. The number of rotatable bonds is 4. The number of ether oxygens (including phenoxy) is 1. The molecule has 0 fully saturated rings. The third-order valence-electron chi connectivity index (χ3n) is 2.84. The molecule has 0 radical (unpaired) electrons. The first-order valence-corrected chi connectivity index (χ1v) is 7.96. The Morgan fingerprint density at radius 3 is 1.74 bits per heavy atom. The maximum Gasteiger partial charge on any atom is 0.374 e. The predicted octanol–water partition coefficient (Wildman–Crippen LogP) is 4.69. The SMILES string of the molecule is CC.CC.COC(=O)C(=O)Cc1ccc(-c2ccccc2)cc1. The summed E-state index contributed by atoms with van der Waals surface area (Å²) in [6.45, 7) is 8.00. The molecule has 0 saturated heterocycles. The molecule has 23 heavy (non-hydrogen) atoms. The van der Waals surface area contributed by atoms with Crippen LogP contribution in [-0.2, 0) is 20.7 Å². The van der Waals surface area contributed by atoms with Gasteiger partial charge in [0.2, 0.25) is 5.78 Å². The van der Waals surface area contributed by atoms with E-state index in [0.29, 0.717) is 0 Å². The fourth-order valence-corrected chi connectivity index (χ4v) is 1.82. The number of hydrogen-bond donors (Lipinski definition) is 0. The topological polar surface area (TPSA) is 43.4 Å². The Bertz CT molecular complexity index is 572. The maximum atomic E-state index is 11.4. The van der Waals surface area contributed by atoms with Crippen LogP contribution in [0.2, 0.25) is 0 Å². The summed E-state index contributed by atoms with van der Waals surface area (Å²) in [5, 5.41) is 0. The van der Waals surface area contributed by atoms with Gasteiger partial charge in [-0.3, -0.25) is 4.79 Å². The van der Waals surface area contributed by atoms with Gasteiger partial charge in [-0.1, -0.05) is 82.3 Å². The van der Waals surface area contributed by atoms with E-state index in [1.165, 1.54) is 7.11 Å². The van der Waals surface area contributed by atoms with E-state index in [-0.39, 0.29) is 6.42 Å². The second-order valence-corrected chi connectivity index (χ2v) is 4.15. The number of hydrogen-bond acceptors (Lipinski definition) is 3. The van der Waals surface area contributed by atoms with Crippen LogP contribution in [0, 0.1) is 0 Å². The van der Waals surface area contributed by atoms with Crippen LogP contribution in [-0.4, -0.2) is 18.9 Å². The molecule has 0 atom stereocenters. The highest BCUT2D eigenvalue weighted by atomic mass is 16.5. The Morgan fingerprint density at radius 1 is 0.783 bits per heavy atom. The lowest BCUT2D eigenvalue weighted by Crippen LogP contribution is -2.17. The van der Waals surface area contributed by atoms with Crippen LogP contribution in [0.25, 0.3) is 11.1 Å². The first kappa shape index (κ1) is 20.6. The van der Waals surface area contributed by atoms with Crippen molar-refractivity contribution in [2.24, 2.45) is 0 Å².